The van der Waals surface area contributed by atoms with Gasteiger partial charge in [-0.3, -0.25) is 15.0 Å². The van der Waals surface area contributed by atoms with Crippen LogP contribution in [0.15, 0.2) is 41.2 Å². The van der Waals surface area contributed by atoms with E-state index in [0.29, 0.717) is 27.3 Å². The molecule has 1 aromatic carbocycles. The quantitative estimate of drug-likeness (QED) is 0.336. The fourth-order valence-corrected chi connectivity index (χ4v) is 2.27. The zero-order valence-corrected chi connectivity index (χ0v) is 11.5. The Morgan fingerprint density at radius 2 is 2.25 bits per heavy atom. The van der Waals surface area contributed by atoms with Crippen molar-refractivity contribution >= 4 is 29.6 Å². The number of aldehydes is 1. The summed E-state index contributed by atoms with van der Waals surface area (Å²) in [6, 6.07) is 6.52. The number of aromatic nitrogens is 3. The molecule has 0 saturated heterocycles. The molecule has 104 valence electrons. The van der Waals surface area contributed by atoms with Crippen molar-refractivity contribution in [2.45, 2.75) is 4.90 Å². The largest absolute Gasteiger partial charge is 0.512 e. The number of benzene rings is 1. The Morgan fingerprint density at radius 3 is 2.85 bits per heavy atom. The number of H-pyrrole nitrogens is 2. The average molecular weight is 311 g/mol. The minimum Gasteiger partial charge on any atom is -0.512 e. The summed E-state index contributed by atoms with van der Waals surface area (Å²) < 4.78 is 17.0. The summed E-state index contributed by atoms with van der Waals surface area (Å²) in [7, 11) is 0. The van der Waals surface area contributed by atoms with Gasteiger partial charge in [0.2, 0.25) is 21.6 Å². The first-order chi connectivity index (χ1) is 9.63. The Labute approximate surface area is 121 Å². The van der Waals surface area contributed by atoms with Crippen LogP contribution in [0.5, 0.6) is 0 Å². The third-order valence-corrected chi connectivity index (χ3v) is 3.39. The van der Waals surface area contributed by atoms with Gasteiger partial charge in [0, 0.05) is 5.56 Å². The van der Waals surface area contributed by atoms with Gasteiger partial charge < -0.3 is 9.29 Å². The summed E-state index contributed by atoms with van der Waals surface area (Å²) in [6.45, 7) is 0. The molecule has 2 rings (SSSR count). The van der Waals surface area contributed by atoms with Crippen molar-refractivity contribution in [1.82, 2.24) is 15.2 Å². The predicted octanol–water partition coefficient (Wildman–Crippen LogP) is 1.77. The van der Waals surface area contributed by atoms with Crippen LogP contribution in [0.1, 0.15) is 0 Å². The van der Waals surface area contributed by atoms with E-state index in [1.165, 1.54) is 0 Å². The molecule has 0 fully saturated rings. The number of rotatable bonds is 5. The second kappa shape index (κ2) is 6.26. The van der Waals surface area contributed by atoms with Crippen molar-refractivity contribution in [3.05, 3.63) is 41.1 Å². The number of hydrogen-bond donors (Lipinski definition) is 3. The Hall–Kier alpha value is -2.26. The average Bonchev–Trinajstić information content (AvgIpc) is 2.91. The molecule has 0 amide bonds. The Bertz CT molecular complexity index is 735. The minimum atomic E-state index is -1.93. The van der Waals surface area contributed by atoms with Crippen LogP contribution in [0.3, 0.4) is 0 Å². The number of hydrogen-bond acceptors (Lipinski definition) is 6. The summed E-state index contributed by atoms with van der Waals surface area (Å²) in [4.78, 5) is 14.8. The lowest BCUT2D eigenvalue weighted by Gasteiger charge is -2.04. The molecule has 3 N–H and O–H groups in total. The van der Waals surface area contributed by atoms with E-state index in [1.54, 1.807) is 24.3 Å². The summed E-state index contributed by atoms with van der Waals surface area (Å²) in [5.41, 5.74) is 0.646. The fourth-order valence-electron chi connectivity index (χ4n) is 1.36. The van der Waals surface area contributed by atoms with E-state index in [9.17, 15) is 9.00 Å². The molecule has 2 aromatic rings. The molecule has 7 nitrogen and oxygen atoms in total. The molecule has 0 radical (unpaired) electrons. The van der Waals surface area contributed by atoms with Crippen LogP contribution >= 0.6 is 12.2 Å². The number of carbonyl (C=O) groups is 1. The SMILES string of the molecule is O=C/C(=C\O)OS(=O)c1cccc(-c2nc(=S)[nH][nH]2)c1. The highest BCUT2D eigenvalue weighted by atomic mass is 32.2. The van der Waals surface area contributed by atoms with Crippen LogP contribution in [0.25, 0.3) is 11.4 Å². The van der Waals surface area contributed by atoms with Crippen molar-refractivity contribution in [1.29, 1.82) is 0 Å². The van der Waals surface area contributed by atoms with Gasteiger partial charge in [0.05, 0.1) is 4.90 Å². The molecule has 0 spiro atoms. The molecule has 1 heterocycles. The van der Waals surface area contributed by atoms with Gasteiger partial charge in [0.15, 0.2) is 12.1 Å². The zero-order valence-electron chi connectivity index (χ0n) is 9.90. The molecule has 0 saturated carbocycles. The highest BCUT2D eigenvalue weighted by Crippen LogP contribution is 2.19. The maximum absolute atomic E-state index is 11.9. The molecule has 0 aliphatic carbocycles. The second-order valence-corrected chi connectivity index (χ2v) is 5.00. The minimum absolute atomic E-state index is 0.257. The maximum Gasteiger partial charge on any atom is 0.240 e. The van der Waals surface area contributed by atoms with Crippen molar-refractivity contribution in [3.8, 4) is 11.4 Å². The van der Waals surface area contributed by atoms with Gasteiger partial charge in [0.25, 0.3) is 0 Å². The highest BCUT2D eigenvalue weighted by Gasteiger charge is 2.10. The van der Waals surface area contributed by atoms with Gasteiger partial charge in [-0.2, -0.15) is 4.98 Å². The van der Waals surface area contributed by atoms with Gasteiger partial charge in [0.1, 0.15) is 6.26 Å². The predicted molar refractivity (Wildman–Crippen MR) is 73.5 cm³/mol. The van der Waals surface area contributed by atoms with Crippen LogP contribution in [-0.4, -0.2) is 30.8 Å². The second-order valence-electron chi connectivity index (χ2n) is 3.51. The highest BCUT2D eigenvalue weighted by molar-refractivity contribution is 7.80. The van der Waals surface area contributed by atoms with Crippen molar-refractivity contribution in [2.75, 3.05) is 0 Å². The molecule has 9 heteroatoms. The fraction of sp³-hybridized carbons (Fsp3) is 0. The smallest absolute Gasteiger partial charge is 0.240 e. The van der Waals surface area contributed by atoms with Crippen LogP contribution in [0.2, 0.25) is 0 Å². The van der Waals surface area contributed by atoms with Crippen molar-refractivity contribution < 1.29 is 18.3 Å². The van der Waals surface area contributed by atoms with Gasteiger partial charge in [-0.25, -0.2) is 4.21 Å². The Balaban J connectivity index is 2.28. The molecule has 1 atom stereocenters. The Morgan fingerprint density at radius 1 is 1.45 bits per heavy atom. The van der Waals surface area contributed by atoms with Crippen LogP contribution < -0.4 is 0 Å². The van der Waals surface area contributed by atoms with E-state index >= 15 is 0 Å². The van der Waals surface area contributed by atoms with Crippen LogP contribution in [0.4, 0.5) is 0 Å². The first-order valence-corrected chi connectivity index (χ1v) is 6.77. The van der Waals surface area contributed by atoms with Gasteiger partial charge >= 0.3 is 0 Å². The molecular formula is C11H9N3O4S2. The Kier molecular flexibility index (Phi) is 4.43. The van der Waals surface area contributed by atoms with Gasteiger partial charge in [-0.1, -0.05) is 12.1 Å². The summed E-state index contributed by atoms with van der Waals surface area (Å²) in [5, 5.41) is 14.1. The molecule has 0 bridgehead atoms. The van der Waals surface area contributed by atoms with Crippen molar-refractivity contribution in [2.24, 2.45) is 0 Å². The summed E-state index contributed by atoms with van der Waals surface area (Å²) >= 11 is 2.92. The van der Waals surface area contributed by atoms with E-state index < -0.39 is 16.8 Å². The van der Waals surface area contributed by atoms with E-state index in [-0.39, 0.29) is 6.29 Å². The number of aromatic amines is 2. The summed E-state index contributed by atoms with van der Waals surface area (Å²) in [5.74, 6) is 0.0649. The molecule has 0 aliphatic rings. The monoisotopic (exact) mass is 311 g/mol. The van der Waals surface area contributed by atoms with E-state index in [1.807, 2.05) is 0 Å². The number of nitrogens with zero attached hydrogens (tertiary/aromatic N) is 1. The van der Waals surface area contributed by atoms with Gasteiger partial charge in [-0.15, -0.1) is 0 Å². The number of allylic oxidation sites excluding steroid dienone is 1. The summed E-state index contributed by atoms with van der Waals surface area (Å²) in [6.07, 6.45) is 0.701. The molecule has 0 aliphatic heterocycles. The first-order valence-electron chi connectivity index (χ1n) is 5.29. The third-order valence-electron chi connectivity index (χ3n) is 2.22. The third kappa shape index (κ3) is 3.19. The topological polar surface area (TPSA) is 108 Å². The van der Waals surface area contributed by atoms with Gasteiger partial charge in [-0.05, 0) is 24.4 Å². The number of aliphatic hydroxyl groups excluding tert-OH is 1. The van der Waals surface area contributed by atoms with Crippen molar-refractivity contribution in [3.63, 3.8) is 0 Å². The molecule has 1 aromatic heterocycles. The maximum atomic E-state index is 11.9. The molecular weight excluding hydrogens is 302 g/mol. The lowest BCUT2D eigenvalue weighted by molar-refractivity contribution is -0.106. The standard InChI is InChI=1S/C11H9N3O4S2/c15-5-8(6-16)18-20(17)9-3-1-2-7(4-9)10-12-11(19)14-13-10/h1-6,15H,(H2,12,13,14,19)/b8-5+. The van der Waals surface area contributed by atoms with E-state index in [4.69, 9.17) is 21.5 Å². The van der Waals surface area contributed by atoms with Crippen LogP contribution in [0, 0.1) is 4.77 Å². The lowest BCUT2D eigenvalue weighted by atomic mass is 10.2. The number of aliphatic hydroxyl groups is 1. The van der Waals surface area contributed by atoms with E-state index in [0.717, 1.165) is 0 Å². The lowest BCUT2D eigenvalue weighted by Crippen LogP contribution is -2.00. The number of carbonyl (C=O) groups excluding carboxylic acids is 1. The number of nitrogens with one attached hydrogen (secondary N) is 2. The normalized spacial score (nSPS) is 12.9. The zero-order chi connectivity index (χ0) is 14.5. The molecule has 1 unspecified atom stereocenters. The molecule has 20 heavy (non-hydrogen) atoms. The van der Waals surface area contributed by atoms with E-state index in [2.05, 4.69) is 15.2 Å². The first kappa shape index (κ1) is 14.2. The van der Waals surface area contributed by atoms with Crippen LogP contribution in [-0.2, 0) is 20.1 Å².